The fourth-order valence-electron chi connectivity index (χ4n) is 5.78. The summed E-state index contributed by atoms with van der Waals surface area (Å²) in [4.78, 5) is 10.1. The Hall–Kier alpha value is -3.18. The second-order valence-electron chi connectivity index (χ2n) is 9.80. The van der Waals surface area contributed by atoms with Crippen molar-refractivity contribution in [2.45, 2.75) is 37.4 Å². The molecular formula is C29H30FN3O. The lowest BCUT2D eigenvalue weighted by Crippen LogP contribution is -2.47. The van der Waals surface area contributed by atoms with Crippen LogP contribution in [0, 0.1) is 5.82 Å². The molecule has 2 atom stereocenters. The molecule has 0 aromatic heterocycles. The molecule has 0 saturated carbocycles. The molecule has 6 rings (SSSR count). The van der Waals surface area contributed by atoms with Gasteiger partial charge in [0.1, 0.15) is 18.0 Å². The van der Waals surface area contributed by atoms with Gasteiger partial charge in [0.05, 0.1) is 6.04 Å². The molecule has 1 fully saturated rings. The summed E-state index contributed by atoms with van der Waals surface area (Å²) in [5.41, 5.74) is 4.81. The summed E-state index contributed by atoms with van der Waals surface area (Å²) in [7, 11) is 0. The van der Waals surface area contributed by atoms with Crippen LogP contribution in [0.25, 0.3) is 0 Å². The number of amidine groups is 1. The van der Waals surface area contributed by atoms with Gasteiger partial charge in [-0.3, -0.25) is 4.90 Å². The van der Waals surface area contributed by atoms with Crippen LogP contribution in [0.5, 0.6) is 0 Å². The lowest BCUT2D eigenvalue weighted by molar-refractivity contribution is 0.113. The number of fused-ring (bicyclic) bond motifs is 1. The van der Waals surface area contributed by atoms with Gasteiger partial charge in [0.15, 0.2) is 0 Å². The van der Waals surface area contributed by atoms with Crippen LogP contribution in [-0.4, -0.2) is 47.6 Å². The topological polar surface area (TPSA) is 28.1 Å². The molecule has 0 radical (unpaired) electrons. The van der Waals surface area contributed by atoms with Crippen LogP contribution >= 0.6 is 0 Å². The van der Waals surface area contributed by atoms with Gasteiger partial charge in [-0.15, -0.1) is 0 Å². The maximum Gasteiger partial charge on any atom is 0.288 e. The average Bonchev–Trinajstić information content (AvgIpc) is 3.27. The van der Waals surface area contributed by atoms with E-state index >= 15 is 0 Å². The molecule has 3 aliphatic heterocycles. The Morgan fingerprint density at radius 1 is 0.941 bits per heavy atom. The zero-order valence-electron chi connectivity index (χ0n) is 19.4. The SMILES string of the molecule is Fc1ccc([C@H]2c3ccccc3CCN2C2=NC3(CCCN(Cc4ccccc4)C3)CO2)cc1. The van der Waals surface area contributed by atoms with E-state index in [0.717, 1.165) is 57.0 Å². The number of nitrogens with zero attached hydrogens (tertiary/aromatic N) is 3. The van der Waals surface area contributed by atoms with Crippen LogP contribution in [0.3, 0.4) is 0 Å². The molecule has 5 heteroatoms. The lowest BCUT2D eigenvalue weighted by atomic mass is 9.88. The number of likely N-dealkylation sites (tertiary alicyclic amines) is 1. The van der Waals surface area contributed by atoms with Crippen molar-refractivity contribution < 1.29 is 9.13 Å². The van der Waals surface area contributed by atoms with Gasteiger partial charge in [-0.2, -0.15) is 0 Å². The Balaban J connectivity index is 1.29. The minimum atomic E-state index is -0.214. The van der Waals surface area contributed by atoms with Gasteiger partial charge in [0.25, 0.3) is 6.02 Å². The number of benzene rings is 3. The predicted octanol–water partition coefficient (Wildman–Crippen LogP) is 5.19. The van der Waals surface area contributed by atoms with Crippen molar-refractivity contribution in [3.05, 3.63) is 107 Å². The molecule has 0 N–H and O–H groups in total. The molecule has 34 heavy (non-hydrogen) atoms. The average molecular weight is 456 g/mol. The minimum Gasteiger partial charge on any atom is -0.462 e. The quantitative estimate of drug-likeness (QED) is 0.544. The molecule has 0 aliphatic carbocycles. The number of ether oxygens (including phenoxy) is 1. The summed E-state index contributed by atoms with van der Waals surface area (Å²) < 4.78 is 20.1. The maximum atomic E-state index is 13.7. The largest absolute Gasteiger partial charge is 0.462 e. The zero-order valence-corrected chi connectivity index (χ0v) is 19.4. The molecule has 1 unspecified atom stereocenters. The monoisotopic (exact) mass is 455 g/mol. The van der Waals surface area contributed by atoms with Gasteiger partial charge in [0.2, 0.25) is 0 Å². The zero-order chi connectivity index (χ0) is 23.0. The number of aliphatic imine (C=N–C) groups is 1. The fourth-order valence-corrected chi connectivity index (χ4v) is 5.78. The van der Waals surface area contributed by atoms with E-state index in [1.54, 1.807) is 12.1 Å². The second kappa shape index (κ2) is 8.88. The van der Waals surface area contributed by atoms with Crippen molar-refractivity contribution in [3.8, 4) is 0 Å². The molecule has 3 heterocycles. The Morgan fingerprint density at radius 3 is 2.59 bits per heavy atom. The summed E-state index contributed by atoms with van der Waals surface area (Å²) in [6.45, 7) is 4.42. The van der Waals surface area contributed by atoms with E-state index in [1.165, 1.54) is 16.7 Å². The smallest absolute Gasteiger partial charge is 0.288 e. The highest BCUT2D eigenvalue weighted by molar-refractivity contribution is 5.78. The summed E-state index contributed by atoms with van der Waals surface area (Å²) in [5.74, 6) is -0.214. The van der Waals surface area contributed by atoms with Gasteiger partial charge in [-0.1, -0.05) is 66.7 Å². The molecule has 1 saturated heterocycles. The van der Waals surface area contributed by atoms with Gasteiger partial charge in [-0.05, 0) is 60.2 Å². The third kappa shape index (κ3) is 4.09. The number of rotatable bonds is 3. The van der Waals surface area contributed by atoms with Gasteiger partial charge >= 0.3 is 0 Å². The summed E-state index contributed by atoms with van der Waals surface area (Å²) in [6.07, 6.45) is 3.12. The van der Waals surface area contributed by atoms with Crippen LogP contribution in [-0.2, 0) is 17.7 Å². The van der Waals surface area contributed by atoms with Crippen LogP contribution in [0.2, 0.25) is 0 Å². The van der Waals surface area contributed by atoms with Crippen LogP contribution in [0.4, 0.5) is 4.39 Å². The van der Waals surface area contributed by atoms with Crippen LogP contribution in [0.15, 0.2) is 83.9 Å². The minimum absolute atomic E-state index is 0.0246. The Morgan fingerprint density at radius 2 is 1.74 bits per heavy atom. The molecule has 3 aromatic carbocycles. The highest BCUT2D eigenvalue weighted by Gasteiger charge is 2.44. The molecule has 3 aromatic rings. The highest BCUT2D eigenvalue weighted by atomic mass is 19.1. The van der Waals surface area contributed by atoms with Gasteiger partial charge in [0, 0.05) is 19.6 Å². The van der Waals surface area contributed by atoms with Crippen molar-refractivity contribution in [2.24, 2.45) is 4.99 Å². The van der Waals surface area contributed by atoms with E-state index < -0.39 is 0 Å². The molecule has 0 amide bonds. The molecule has 4 nitrogen and oxygen atoms in total. The summed E-state index contributed by atoms with van der Waals surface area (Å²) >= 11 is 0. The van der Waals surface area contributed by atoms with E-state index in [0.29, 0.717) is 6.61 Å². The first kappa shape index (κ1) is 21.4. The van der Waals surface area contributed by atoms with E-state index in [-0.39, 0.29) is 17.4 Å². The third-order valence-corrected chi connectivity index (χ3v) is 7.40. The van der Waals surface area contributed by atoms with Crippen LogP contribution in [0.1, 0.15) is 41.1 Å². The van der Waals surface area contributed by atoms with Crippen molar-refractivity contribution in [1.29, 1.82) is 0 Å². The number of hydrogen-bond acceptors (Lipinski definition) is 4. The molecule has 1 spiro atoms. The molecular weight excluding hydrogens is 425 g/mol. The van der Waals surface area contributed by atoms with Crippen molar-refractivity contribution in [2.75, 3.05) is 26.2 Å². The fraction of sp³-hybridized carbons (Fsp3) is 0.345. The van der Waals surface area contributed by atoms with Crippen LogP contribution < -0.4 is 0 Å². The normalized spacial score (nSPS) is 24.6. The Labute approximate surface area is 200 Å². The maximum absolute atomic E-state index is 13.7. The first-order chi connectivity index (χ1) is 16.7. The Bertz CT molecular complexity index is 1180. The number of hydrogen-bond donors (Lipinski definition) is 0. The molecule has 3 aliphatic rings. The van der Waals surface area contributed by atoms with E-state index in [4.69, 9.17) is 9.73 Å². The first-order valence-corrected chi connectivity index (χ1v) is 12.3. The van der Waals surface area contributed by atoms with Crippen molar-refractivity contribution in [1.82, 2.24) is 9.80 Å². The number of halogens is 1. The highest BCUT2D eigenvalue weighted by Crippen LogP contribution is 2.38. The lowest BCUT2D eigenvalue weighted by Gasteiger charge is -2.38. The van der Waals surface area contributed by atoms with Gasteiger partial charge in [-0.25, -0.2) is 9.38 Å². The molecule has 174 valence electrons. The van der Waals surface area contributed by atoms with Crippen molar-refractivity contribution >= 4 is 6.02 Å². The van der Waals surface area contributed by atoms with Gasteiger partial charge < -0.3 is 9.64 Å². The van der Waals surface area contributed by atoms with Crippen molar-refractivity contribution in [3.63, 3.8) is 0 Å². The third-order valence-electron chi connectivity index (χ3n) is 7.40. The van der Waals surface area contributed by atoms with E-state index in [2.05, 4.69) is 64.4 Å². The second-order valence-corrected chi connectivity index (χ2v) is 9.80. The van der Waals surface area contributed by atoms with E-state index in [1.807, 2.05) is 12.1 Å². The predicted molar refractivity (Wildman–Crippen MR) is 132 cm³/mol. The first-order valence-electron chi connectivity index (χ1n) is 12.3. The molecule has 0 bridgehead atoms. The summed E-state index contributed by atoms with van der Waals surface area (Å²) in [6, 6.07) is 26.8. The van der Waals surface area contributed by atoms with E-state index in [9.17, 15) is 4.39 Å². The summed E-state index contributed by atoms with van der Waals surface area (Å²) in [5, 5.41) is 0. The Kier molecular flexibility index (Phi) is 5.58. The number of piperidine rings is 1. The standard InChI is InChI=1S/C29H30FN3O/c30-25-13-11-24(12-14-25)27-26-10-5-4-9-23(26)15-18-33(27)28-31-29(21-34-28)16-6-17-32(20-29)19-22-7-2-1-3-8-22/h1-5,7-14,27H,6,15-21H2/t27-,29?/m0/s1.